The van der Waals surface area contributed by atoms with Crippen molar-refractivity contribution in [3.05, 3.63) is 24.0 Å². The summed E-state index contributed by atoms with van der Waals surface area (Å²) in [7, 11) is 0. The van der Waals surface area contributed by atoms with Crippen LogP contribution in [-0.2, 0) is 4.74 Å². The number of nitrogen functional groups attached to an aromatic ring is 1. The van der Waals surface area contributed by atoms with E-state index in [4.69, 9.17) is 20.3 Å². The molecule has 7 nitrogen and oxygen atoms in total. The van der Waals surface area contributed by atoms with Crippen LogP contribution in [0.5, 0.6) is 5.75 Å². The maximum atomic E-state index is 6.03. The third-order valence-electron chi connectivity index (χ3n) is 7.43. The Bertz CT molecular complexity index is 937. The number of piperidine rings is 1. The van der Waals surface area contributed by atoms with E-state index in [1.54, 1.807) is 0 Å². The van der Waals surface area contributed by atoms with Crippen LogP contribution in [0.3, 0.4) is 0 Å². The highest BCUT2D eigenvalue weighted by molar-refractivity contribution is 5.64. The third kappa shape index (κ3) is 3.02. The Morgan fingerprint density at radius 3 is 2.50 bits per heavy atom. The molecular weight excluding hydrogens is 378 g/mol. The lowest BCUT2D eigenvalue weighted by Crippen LogP contribution is -2.48. The van der Waals surface area contributed by atoms with Crippen molar-refractivity contribution in [1.82, 2.24) is 19.7 Å². The molecule has 2 saturated heterocycles. The standard InChI is InChI=1S/C23H31N5O2/c1-13(2)30-21-6-14(8-25-23(21)24)19-7-20(28(26-19)15-4-3-5-15)22-17-9-27(10-18(17)22)16-11-29-12-16/h6-8,13,15-18,22H,3-5,9-12H2,1-2H3,(H2,24,25)/t17-,18+,22?. The van der Waals surface area contributed by atoms with Gasteiger partial charge in [0.1, 0.15) is 0 Å². The van der Waals surface area contributed by atoms with Crippen molar-refractivity contribution >= 4 is 5.82 Å². The first kappa shape index (κ1) is 18.6. The number of aromatic nitrogens is 3. The number of hydrogen-bond acceptors (Lipinski definition) is 6. The van der Waals surface area contributed by atoms with Crippen LogP contribution in [0.15, 0.2) is 18.3 Å². The number of ether oxygens (including phenoxy) is 2. The van der Waals surface area contributed by atoms with E-state index in [9.17, 15) is 0 Å². The van der Waals surface area contributed by atoms with Crippen molar-refractivity contribution in [2.24, 2.45) is 11.8 Å². The maximum absolute atomic E-state index is 6.03. The van der Waals surface area contributed by atoms with Gasteiger partial charge in [-0.05, 0) is 57.1 Å². The van der Waals surface area contributed by atoms with Crippen LogP contribution in [0.25, 0.3) is 11.3 Å². The van der Waals surface area contributed by atoms with E-state index in [2.05, 4.69) is 20.6 Å². The summed E-state index contributed by atoms with van der Waals surface area (Å²) in [6.45, 7) is 8.26. The first-order valence-electron chi connectivity index (χ1n) is 11.4. The van der Waals surface area contributed by atoms with Gasteiger partial charge in [-0.2, -0.15) is 5.10 Å². The zero-order chi connectivity index (χ0) is 20.4. The van der Waals surface area contributed by atoms with E-state index < -0.39 is 0 Å². The minimum Gasteiger partial charge on any atom is -0.487 e. The van der Waals surface area contributed by atoms with Gasteiger partial charge in [0.25, 0.3) is 0 Å². The number of pyridine rings is 1. The van der Waals surface area contributed by atoms with Gasteiger partial charge in [-0.25, -0.2) is 4.98 Å². The lowest BCUT2D eigenvalue weighted by atomic mass is 9.93. The minimum atomic E-state index is 0.0577. The second-order valence-corrected chi connectivity index (χ2v) is 9.76. The summed E-state index contributed by atoms with van der Waals surface area (Å²) < 4.78 is 13.6. The molecule has 0 amide bonds. The number of nitrogens with two attached hydrogens (primary N) is 1. The van der Waals surface area contributed by atoms with E-state index >= 15 is 0 Å². The fourth-order valence-electron chi connectivity index (χ4n) is 5.40. The summed E-state index contributed by atoms with van der Waals surface area (Å²) in [5.41, 5.74) is 9.43. The minimum absolute atomic E-state index is 0.0577. The zero-order valence-corrected chi connectivity index (χ0v) is 17.8. The van der Waals surface area contributed by atoms with Crippen molar-refractivity contribution in [1.29, 1.82) is 0 Å². The molecule has 0 spiro atoms. The van der Waals surface area contributed by atoms with E-state index in [0.29, 0.717) is 29.6 Å². The van der Waals surface area contributed by atoms with E-state index in [-0.39, 0.29) is 6.10 Å². The number of rotatable bonds is 6. The van der Waals surface area contributed by atoms with E-state index in [0.717, 1.165) is 36.3 Å². The van der Waals surface area contributed by atoms with Crippen LogP contribution in [-0.4, -0.2) is 58.1 Å². The number of fused-ring (bicyclic) bond motifs is 1. The predicted octanol–water partition coefficient (Wildman–Crippen LogP) is 3.08. The number of anilines is 1. The van der Waals surface area contributed by atoms with Gasteiger partial charge in [0, 0.05) is 36.5 Å². The summed E-state index contributed by atoms with van der Waals surface area (Å²) in [4.78, 5) is 7.01. The van der Waals surface area contributed by atoms with E-state index in [1.165, 1.54) is 38.0 Å². The lowest BCUT2D eigenvalue weighted by Gasteiger charge is -2.36. The Labute approximate surface area is 177 Å². The second kappa shape index (κ2) is 6.95. The number of likely N-dealkylation sites (tertiary alicyclic amines) is 1. The van der Waals surface area contributed by atoms with Gasteiger partial charge < -0.3 is 15.2 Å². The van der Waals surface area contributed by atoms with Crippen molar-refractivity contribution in [3.63, 3.8) is 0 Å². The van der Waals surface area contributed by atoms with Crippen LogP contribution < -0.4 is 10.5 Å². The summed E-state index contributed by atoms with van der Waals surface area (Å²) in [5, 5.41) is 5.07. The highest BCUT2D eigenvalue weighted by atomic mass is 16.5. The van der Waals surface area contributed by atoms with Gasteiger partial charge >= 0.3 is 0 Å². The quantitative estimate of drug-likeness (QED) is 0.790. The molecule has 4 aliphatic rings. The average Bonchev–Trinajstić information content (AvgIpc) is 2.97. The van der Waals surface area contributed by atoms with Gasteiger partial charge in [0.05, 0.1) is 37.1 Å². The number of nitrogens with zero attached hydrogens (tertiary/aromatic N) is 4. The van der Waals surface area contributed by atoms with Crippen LogP contribution >= 0.6 is 0 Å². The first-order chi connectivity index (χ1) is 14.6. The Morgan fingerprint density at radius 1 is 1.13 bits per heavy atom. The van der Waals surface area contributed by atoms with E-state index in [1.807, 2.05) is 26.1 Å². The molecule has 160 valence electrons. The van der Waals surface area contributed by atoms with Gasteiger partial charge in [0.2, 0.25) is 0 Å². The van der Waals surface area contributed by atoms with Gasteiger partial charge in [-0.3, -0.25) is 9.58 Å². The molecule has 2 aliphatic heterocycles. The predicted molar refractivity (Wildman–Crippen MR) is 114 cm³/mol. The van der Waals surface area contributed by atoms with Gasteiger partial charge in [-0.1, -0.05) is 0 Å². The molecule has 2 aromatic rings. The monoisotopic (exact) mass is 409 g/mol. The molecule has 2 aromatic heterocycles. The summed E-state index contributed by atoms with van der Waals surface area (Å²) in [6, 6.07) is 5.51. The van der Waals surface area contributed by atoms with Gasteiger partial charge in [0.15, 0.2) is 11.6 Å². The average molecular weight is 410 g/mol. The normalized spacial score (nSPS) is 29.0. The van der Waals surface area contributed by atoms with Crippen LogP contribution in [0.2, 0.25) is 0 Å². The Balaban J connectivity index is 1.28. The zero-order valence-electron chi connectivity index (χ0n) is 17.8. The first-order valence-corrected chi connectivity index (χ1v) is 11.4. The Kier molecular flexibility index (Phi) is 4.32. The highest BCUT2D eigenvalue weighted by Gasteiger charge is 2.59. The molecule has 30 heavy (non-hydrogen) atoms. The number of hydrogen-bond donors (Lipinski definition) is 1. The molecule has 1 unspecified atom stereocenters. The molecule has 0 aromatic carbocycles. The van der Waals surface area contributed by atoms with Crippen molar-refractivity contribution in [2.75, 3.05) is 32.0 Å². The van der Waals surface area contributed by atoms with Crippen LogP contribution in [0.4, 0.5) is 5.82 Å². The Morgan fingerprint density at radius 2 is 1.90 bits per heavy atom. The summed E-state index contributed by atoms with van der Waals surface area (Å²) in [5.74, 6) is 3.28. The third-order valence-corrected chi connectivity index (χ3v) is 7.43. The summed E-state index contributed by atoms with van der Waals surface area (Å²) in [6.07, 6.45) is 5.67. The molecule has 6 rings (SSSR count). The molecular formula is C23H31N5O2. The lowest BCUT2D eigenvalue weighted by molar-refractivity contribution is -0.0610. The largest absolute Gasteiger partial charge is 0.487 e. The maximum Gasteiger partial charge on any atom is 0.166 e. The highest BCUT2D eigenvalue weighted by Crippen LogP contribution is 2.59. The smallest absolute Gasteiger partial charge is 0.166 e. The second-order valence-electron chi connectivity index (χ2n) is 9.76. The molecule has 4 heterocycles. The fourth-order valence-corrected chi connectivity index (χ4v) is 5.40. The molecule has 0 bridgehead atoms. The SMILES string of the molecule is CC(C)Oc1cc(-c2cc(C3[C@H]4CN(C5COC5)C[C@@H]34)n(C3CCC3)n2)cnc1N. The Hall–Kier alpha value is -2.12. The van der Waals surface area contributed by atoms with Crippen molar-refractivity contribution in [2.45, 2.75) is 57.2 Å². The molecule has 2 N–H and O–H groups in total. The molecule has 3 atom stereocenters. The van der Waals surface area contributed by atoms with Crippen LogP contribution in [0, 0.1) is 11.8 Å². The molecule has 4 fully saturated rings. The van der Waals surface area contributed by atoms with Crippen molar-refractivity contribution in [3.8, 4) is 17.0 Å². The fraction of sp³-hybridized carbons (Fsp3) is 0.652. The molecule has 2 aliphatic carbocycles. The van der Waals surface area contributed by atoms with Gasteiger partial charge in [-0.15, -0.1) is 0 Å². The topological polar surface area (TPSA) is 78.4 Å². The molecule has 2 saturated carbocycles. The molecule has 7 heteroatoms. The molecule has 0 radical (unpaired) electrons. The van der Waals surface area contributed by atoms with Crippen LogP contribution in [0.1, 0.15) is 50.8 Å². The van der Waals surface area contributed by atoms with Crippen molar-refractivity contribution < 1.29 is 9.47 Å². The summed E-state index contributed by atoms with van der Waals surface area (Å²) >= 11 is 0.